The second-order valence-corrected chi connectivity index (χ2v) is 2.79. The Kier molecular flexibility index (Phi) is 2.84. The predicted molar refractivity (Wildman–Crippen MR) is 49.1 cm³/mol. The molecule has 0 bridgehead atoms. The van der Waals surface area contributed by atoms with E-state index in [1.165, 1.54) is 7.11 Å². The van der Waals surface area contributed by atoms with Gasteiger partial charge in [-0.15, -0.1) is 0 Å². The number of ether oxygens (including phenoxy) is 1. The third kappa shape index (κ3) is 2.43. The van der Waals surface area contributed by atoms with Crippen LogP contribution in [0.4, 0.5) is 5.82 Å². The SMILES string of the molecule is COC(=O)Cc1cnc(N)cc1C. The Bertz CT molecular complexity index is 323. The molecule has 0 unspecified atom stereocenters. The minimum atomic E-state index is -0.269. The average molecular weight is 180 g/mol. The van der Waals surface area contributed by atoms with Crippen LogP contribution in [0.5, 0.6) is 0 Å². The normalized spacial score (nSPS) is 9.69. The van der Waals surface area contributed by atoms with Gasteiger partial charge in [-0.2, -0.15) is 0 Å². The fraction of sp³-hybridized carbons (Fsp3) is 0.333. The molecule has 1 aromatic heterocycles. The summed E-state index contributed by atoms with van der Waals surface area (Å²) in [4.78, 5) is 14.8. The van der Waals surface area contributed by atoms with E-state index in [1.54, 1.807) is 12.3 Å². The number of nitrogens with two attached hydrogens (primary N) is 1. The first-order valence-electron chi connectivity index (χ1n) is 3.91. The highest BCUT2D eigenvalue weighted by Gasteiger charge is 2.05. The summed E-state index contributed by atoms with van der Waals surface area (Å²) in [7, 11) is 1.36. The van der Waals surface area contributed by atoms with Crippen LogP contribution in [0.25, 0.3) is 0 Å². The summed E-state index contributed by atoms with van der Waals surface area (Å²) in [5, 5.41) is 0. The number of carbonyl (C=O) groups excluding carboxylic acids is 1. The Hall–Kier alpha value is -1.58. The van der Waals surface area contributed by atoms with Crippen molar-refractivity contribution >= 4 is 11.8 Å². The molecule has 0 spiro atoms. The van der Waals surface area contributed by atoms with Crippen molar-refractivity contribution in [3.8, 4) is 0 Å². The lowest BCUT2D eigenvalue weighted by molar-refractivity contribution is -0.139. The van der Waals surface area contributed by atoms with Gasteiger partial charge in [0.15, 0.2) is 0 Å². The minimum absolute atomic E-state index is 0.246. The number of anilines is 1. The first-order valence-corrected chi connectivity index (χ1v) is 3.91. The van der Waals surface area contributed by atoms with Crippen LogP contribution in [0.3, 0.4) is 0 Å². The summed E-state index contributed by atoms with van der Waals surface area (Å²) in [5.41, 5.74) is 7.27. The fourth-order valence-electron chi connectivity index (χ4n) is 1.02. The second kappa shape index (κ2) is 3.89. The predicted octanol–water partition coefficient (Wildman–Crippen LogP) is 0.688. The molecule has 4 nitrogen and oxygen atoms in total. The topological polar surface area (TPSA) is 65.2 Å². The van der Waals surface area contributed by atoms with E-state index >= 15 is 0 Å². The number of nitrogen functional groups attached to an aromatic ring is 1. The summed E-state index contributed by atoms with van der Waals surface area (Å²) in [6.07, 6.45) is 1.84. The van der Waals surface area contributed by atoms with Crippen molar-refractivity contribution in [2.24, 2.45) is 0 Å². The summed E-state index contributed by atoms with van der Waals surface area (Å²) in [5.74, 6) is 0.195. The van der Waals surface area contributed by atoms with Gasteiger partial charge in [-0.3, -0.25) is 4.79 Å². The summed E-state index contributed by atoms with van der Waals surface area (Å²) in [6.45, 7) is 1.89. The van der Waals surface area contributed by atoms with Gasteiger partial charge < -0.3 is 10.5 Å². The van der Waals surface area contributed by atoms with Gasteiger partial charge in [0.05, 0.1) is 13.5 Å². The van der Waals surface area contributed by atoms with E-state index in [1.807, 2.05) is 6.92 Å². The van der Waals surface area contributed by atoms with Gasteiger partial charge >= 0.3 is 5.97 Å². The van der Waals surface area contributed by atoms with Crippen molar-refractivity contribution in [1.29, 1.82) is 0 Å². The third-order valence-electron chi connectivity index (χ3n) is 1.80. The van der Waals surface area contributed by atoms with Crippen molar-refractivity contribution in [2.75, 3.05) is 12.8 Å². The molecule has 0 aromatic carbocycles. The van der Waals surface area contributed by atoms with Crippen molar-refractivity contribution in [2.45, 2.75) is 13.3 Å². The highest BCUT2D eigenvalue weighted by Crippen LogP contribution is 2.10. The number of aryl methyl sites for hydroxylation is 1. The molecule has 0 aliphatic rings. The number of pyridine rings is 1. The van der Waals surface area contributed by atoms with Gasteiger partial charge in [0, 0.05) is 6.20 Å². The van der Waals surface area contributed by atoms with Gasteiger partial charge in [-0.05, 0) is 24.1 Å². The molecule has 0 aliphatic carbocycles. The van der Waals surface area contributed by atoms with E-state index in [-0.39, 0.29) is 12.4 Å². The zero-order valence-electron chi connectivity index (χ0n) is 7.70. The highest BCUT2D eigenvalue weighted by atomic mass is 16.5. The van der Waals surface area contributed by atoms with Crippen LogP contribution in [-0.2, 0) is 16.0 Å². The van der Waals surface area contributed by atoms with E-state index in [9.17, 15) is 4.79 Å². The van der Waals surface area contributed by atoms with E-state index in [4.69, 9.17) is 5.73 Å². The second-order valence-electron chi connectivity index (χ2n) is 2.79. The number of carbonyl (C=O) groups is 1. The Balaban J connectivity index is 2.83. The Morgan fingerprint density at radius 3 is 2.92 bits per heavy atom. The molecular weight excluding hydrogens is 168 g/mol. The van der Waals surface area contributed by atoms with E-state index < -0.39 is 0 Å². The maximum absolute atomic E-state index is 10.9. The van der Waals surface area contributed by atoms with E-state index in [2.05, 4.69) is 9.72 Å². The molecule has 1 heterocycles. The molecule has 13 heavy (non-hydrogen) atoms. The van der Waals surface area contributed by atoms with Crippen LogP contribution < -0.4 is 5.73 Å². The molecule has 0 amide bonds. The lowest BCUT2D eigenvalue weighted by atomic mass is 10.1. The van der Waals surface area contributed by atoms with Crippen molar-refractivity contribution in [1.82, 2.24) is 4.98 Å². The van der Waals surface area contributed by atoms with Crippen LogP contribution in [0.15, 0.2) is 12.3 Å². The molecule has 0 atom stereocenters. The molecule has 1 rings (SSSR count). The first kappa shape index (κ1) is 9.51. The molecule has 0 saturated heterocycles. The number of aromatic nitrogens is 1. The minimum Gasteiger partial charge on any atom is -0.469 e. The maximum atomic E-state index is 10.9. The zero-order valence-corrected chi connectivity index (χ0v) is 7.70. The summed E-state index contributed by atoms with van der Waals surface area (Å²) in [6, 6.07) is 1.73. The number of hydrogen-bond acceptors (Lipinski definition) is 4. The van der Waals surface area contributed by atoms with Gasteiger partial charge in [-0.25, -0.2) is 4.98 Å². The molecule has 2 N–H and O–H groups in total. The molecular formula is C9H12N2O2. The van der Waals surface area contributed by atoms with Crippen molar-refractivity contribution in [3.63, 3.8) is 0 Å². The maximum Gasteiger partial charge on any atom is 0.310 e. The quantitative estimate of drug-likeness (QED) is 0.680. The van der Waals surface area contributed by atoms with Gasteiger partial charge in [0.25, 0.3) is 0 Å². The molecule has 0 saturated carbocycles. The lowest BCUT2D eigenvalue weighted by Crippen LogP contribution is -2.06. The van der Waals surface area contributed by atoms with Gasteiger partial charge in [0.1, 0.15) is 5.82 Å². The molecule has 4 heteroatoms. The van der Waals surface area contributed by atoms with E-state index in [0.29, 0.717) is 5.82 Å². The molecule has 70 valence electrons. The van der Waals surface area contributed by atoms with Crippen LogP contribution in [-0.4, -0.2) is 18.1 Å². The molecule has 0 aliphatic heterocycles. The van der Waals surface area contributed by atoms with Gasteiger partial charge in [0.2, 0.25) is 0 Å². The summed E-state index contributed by atoms with van der Waals surface area (Å²) < 4.78 is 4.54. The first-order chi connectivity index (χ1) is 6.13. The van der Waals surface area contributed by atoms with Crippen LogP contribution in [0, 0.1) is 6.92 Å². The number of hydrogen-bond donors (Lipinski definition) is 1. The van der Waals surface area contributed by atoms with Gasteiger partial charge in [-0.1, -0.05) is 0 Å². The number of methoxy groups -OCH3 is 1. The van der Waals surface area contributed by atoms with Crippen LogP contribution in [0.1, 0.15) is 11.1 Å². The zero-order chi connectivity index (χ0) is 9.84. The number of rotatable bonds is 2. The Morgan fingerprint density at radius 2 is 2.38 bits per heavy atom. The Labute approximate surface area is 76.7 Å². The summed E-state index contributed by atoms with van der Waals surface area (Å²) >= 11 is 0. The molecule has 0 fully saturated rings. The molecule has 1 aromatic rings. The van der Waals surface area contributed by atoms with Crippen LogP contribution >= 0.6 is 0 Å². The van der Waals surface area contributed by atoms with Crippen LogP contribution in [0.2, 0.25) is 0 Å². The van der Waals surface area contributed by atoms with Crippen molar-refractivity contribution in [3.05, 3.63) is 23.4 Å². The standard InChI is InChI=1S/C9H12N2O2/c1-6-3-8(10)11-5-7(6)4-9(12)13-2/h3,5H,4H2,1-2H3,(H2,10,11). The fourth-order valence-corrected chi connectivity index (χ4v) is 1.02. The van der Waals surface area contributed by atoms with Crippen molar-refractivity contribution < 1.29 is 9.53 Å². The largest absolute Gasteiger partial charge is 0.469 e. The molecule has 0 radical (unpaired) electrons. The number of esters is 1. The smallest absolute Gasteiger partial charge is 0.310 e. The monoisotopic (exact) mass is 180 g/mol. The average Bonchev–Trinajstić information content (AvgIpc) is 2.09. The lowest BCUT2D eigenvalue weighted by Gasteiger charge is -2.03. The third-order valence-corrected chi connectivity index (χ3v) is 1.80. The highest BCUT2D eigenvalue weighted by molar-refractivity contribution is 5.72. The number of nitrogens with zero attached hydrogens (tertiary/aromatic N) is 1. The Morgan fingerprint density at radius 1 is 1.69 bits per heavy atom. The van der Waals surface area contributed by atoms with E-state index in [0.717, 1.165) is 11.1 Å².